The van der Waals surface area contributed by atoms with Crippen molar-refractivity contribution < 1.29 is 23.7 Å². The number of hydrogen-bond acceptors (Lipinski definition) is 5. The van der Waals surface area contributed by atoms with Crippen molar-refractivity contribution >= 4 is 5.97 Å². The molecule has 120 valence electrons. The van der Waals surface area contributed by atoms with E-state index in [-0.39, 0.29) is 0 Å². The molecule has 0 saturated carbocycles. The van der Waals surface area contributed by atoms with Crippen molar-refractivity contribution in [1.82, 2.24) is 0 Å². The first-order valence-electron chi connectivity index (χ1n) is 7.21. The standard InChI is InChI=1S/C18H18O5/c1-10-8-11(20-2)9-13(16(10)22-4)17-12-6-5-7-14(21-3)15(12)18(19)23-17/h5-9,17H,1-4H3. The smallest absolute Gasteiger partial charge is 0.343 e. The van der Waals surface area contributed by atoms with Crippen molar-refractivity contribution in [2.75, 3.05) is 21.3 Å². The monoisotopic (exact) mass is 314 g/mol. The molecule has 0 saturated heterocycles. The molecule has 2 aromatic carbocycles. The topological polar surface area (TPSA) is 54.0 Å². The lowest BCUT2D eigenvalue weighted by Crippen LogP contribution is -2.05. The molecule has 3 rings (SSSR count). The van der Waals surface area contributed by atoms with E-state index in [4.69, 9.17) is 18.9 Å². The maximum Gasteiger partial charge on any atom is 0.343 e. The van der Waals surface area contributed by atoms with E-state index in [0.717, 1.165) is 16.7 Å². The summed E-state index contributed by atoms with van der Waals surface area (Å²) in [5, 5.41) is 0. The molecule has 0 spiro atoms. The normalized spacial score (nSPS) is 15.8. The number of ether oxygens (including phenoxy) is 4. The Morgan fingerprint density at radius 2 is 1.78 bits per heavy atom. The van der Waals surface area contributed by atoms with Crippen LogP contribution in [0.2, 0.25) is 0 Å². The van der Waals surface area contributed by atoms with Gasteiger partial charge in [-0.15, -0.1) is 0 Å². The van der Waals surface area contributed by atoms with Gasteiger partial charge in [0.2, 0.25) is 0 Å². The van der Waals surface area contributed by atoms with E-state index in [1.165, 1.54) is 7.11 Å². The Bertz CT molecular complexity index is 766. The SMILES string of the molecule is COc1cc(C)c(OC)c(C2OC(=O)c3c(OC)cccc32)c1. The van der Waals surface area contributed by atoms with Crippen molar-refractivity contribution in [3.8, 4) is 17.2 Å². The molecule has 1 aliphatic heterocycles. The molecular formula is C18H18O5. The van der Waals surface area contributed by atoms with E-state index >= 15 is 0 Å². The van der Waals surface area contributed by atoms with Gasteiger partial charge in [-0.05, 0) is 30.7 Å². The van der Waals surface area contributed by atoms with Crippen LogP contribution in [0.25, 0.3) is 0 Å². The molecule has 1 unspecified atom stereocenters. The Labute approximate surface area is 134 Å². The Hall–Kier alpha value is -2.69. The molecule has 0 bridgehead atoms. The Morgan fingerprint density at radius 3 is 2.43 bits per heavy atom. The van der Waals surface area contributed by atoms with Gasteiger partial charge >= 0.3 is 5.97 Å². The van der Waals surface area contributed by atoms with Crippen molar-refractivity contribution in [3.63, 3.8) is 0 Å². The fourth-order valence-electron chi connectivity index (χ4n) is 2.97. The number of methoxy groups -OCH3 is 3. The molecule has 5 heteroatoms. The van der Waals surface area contributed by atoms with Gasteiger partial charge in [0.25, 0.3) is 0 Å². The fourth-order valence-corrected chi connectivity index (χ4v) is 2.97. The second-order valence-electron chi connectivity index (χ2n) is 5.28. The lowest BCUT2D eigenvalue weighted by molar-refractivity contribution is 0.0450. The number of rotatable bonds is 4. The van der Waals surface area contributed by atoms with E-state index in [0.29, 0.717) is 22.8 Å². The van der Waals surface area contributed by atoms with E-state index in [2.05, 4.69) is 0 Å². The molecule has 0 radical (unpaired) electrons. The summed E-state index contributed by atoms with van der Waals surface area (Å²) in [6.45, 7) is 1.92. The van der Waals surface area contributed by atoms with Crippen LogP contribution in [0.5, 0.6) is 17.2 Å². The molecule has 0 amide bonds. The van der Waals surface area contributed by atoms with Gasteiger partial charge < -0.3 is 18.9 Å². The minimum Gasteiger partial charge on any atom is -0.497 e. The van der Waals surface area contributed by atoms with Crippen LogP contribution in [0, 0.1) is 6.92 Å². The van der Waals surface area contributed by atoms with Gasteiger partial charge in [-0.25, -0.2) is 4.79 Å². The summed E-state index contributed by atoms with van der Waals surface area (Å²) < 4.78 is 21.7. The number of aryl methyl sites for hydroxylation is 1. The summed E-state index contributed by atoms with van der Waals surface area (Å²) in [5.41, 5.74) is 2.89. The Morgan fingerprint density at radius 1 is 1.00 bits per heavy atom. The highest BCUT2D eigenvalue weighted by atomic mass is 16.6. The molecule has 5 nitrogen and oxygen atoms in total. The Kier molecular flexibility index (Phi) is 3.86. The summed E-state index contributed by atoms with van der Waals surface area (Å²) in [6.07, 6.45) is -0.545. The van der Waals surface area contributed by atoms with E-state index in [9.17, 15) is 4.79 Å². The van der Waals surface area contributed by atoms with Crippen molar-refractivity contribution in [2.24, 2.45) is 0 Å². The largest absolute Gasteiger partial charge is 0.497 e. The van der Waals surface area contributed by atoms with E-state index in [1.54, 1.807) is 20.3 Å². The van der Waals surface area contributed by atoms with Crippen molar-refractivity contribution in [2.45, 2.75) is 13.0 Å². The minimum atomic E-state index is -0.545. The number of carbonyl (C=O) groups is 1. The number of hydrogen-bond donors (Lipinski definition) is 0. The summed E-state index contributed by atoms with van der Waals surface area (Å²) in [5.74, 6) is 1.48. The Balaban J connectivity index is 2.19. The minimum absolute atomic E-state index is 0.398. The maximum atomic E-state index is 12.3. The quantitative estimate of drug-likeness (QED) is 0.811. The highest BCUT2D eigenvalue weighted by molar-refractivity contribution is 5.97. The first-order chi connectivity index (χ1) is 11.1. The lowest BCUT2D eigenvalue weighted by atomic mass is 9.96. The van der Waals surface area contributed by atoms with Gasteiger partial charge in [0, 0.05) is 11.1 Å². The highest BCUT2D eigenvalue weighted by Gasteiger charge is 2.37. The first-order valence-corrected chi connectivity index (χ1v) is 7.21. The number of carbonyl (C=O) groups excluding carboxylic acids is 1. The zero-order valence-electron chi connectivity index (χ0n) is 13.5. The third kappa shape index (κ3) is 2.38. The third-order valence-corrected chi connectivity index (χ3v) is 3.99. The van der Waals surface area contributed by atoms with Crippen LogP contribution in [0.3, 0.4) is 0 Å². The fraction of sp³-hybridized carbons (Fsp3) is 0.278. The molecule has 0 aromatic heterocycles. The van der Waals surface area contributed by atoms with Gasteiger partial charge in [-0.1, -0.05) is 12.1 Å². The number of fused-ring (bicyclic) bond motifs is 1. The average molecular weight is 314 g/mol. The summed E-state index contributed by atoms with van der Waals surface area (Å²) in [4.78, 5) is 12.3. The number of cyclic esters (lactones) is 1. The second-order valence-corrected chi connectivity index (χ2v) is 5.28. The molecule has 0 N–H and O–H groups in total. The molecule has 1 atom stereocenters. The summed E-state index contributed by atoms with van der Waals surface area (Å²) >= 11 is 0. The van der Waals surface area contributed by atoms with Crippen molar-refractivity contribution in [1.29, 1.82) is 0 Å². The van der Waals surface area contributed by atoms with Crippen LogP contribution in [0.15, 0.2) is 30.3 Å². The van der Waals surface area contributed by atoms with E-state index in [1.807, 2.05) is 31.2 Å². The van der Waals surface area contributed by atoms with Crippen LogP contribution in [-0.4, -0.2) is 27.3 Å². The molecule has 2 aromatic rings. The molecule has 1 aliphatic rings. The lowest BCUT2D eigenvalue weighted by Gasteiger charge is -2.18. The maximum absolute atomic E-state index is 12.3. The van der Waals surface area contributed by atoms with Gasteiger partial charge in [0.1, 0.15) is 22.8 Å². The molecule has 1 heterocycles. The van der Waals surface area contributed by atoms with E-state index < -0.39 is 12.1 Å². The number of esters is 1. The van der Waals surface area contributed by atoms with Gasteiger partial charge in [0.15, 0.2) is 6.10 Å². The summed E-state index contributed by atoms with van der Waals surface area (Å²) in [7, 11) is 4.73. The number of benzene rings is 2. The molecular weight excluding hydrogens is 296 g/mol. The zero-order chi connectivity index (χ0) is 16.6. The average Bonchev–Trinajstić information content (AvgIpc) is 2.91. The third-order valence-electron chi connectivity index (χ3n) is 3.99. The predicted molar refractivity (Wildman–Crippen MR) is 84.5 cm³/mol. The van der Waals surface area contributed by atoms with Gasteiger partial charge in [-0.3, -0.25) is 0 Å². The van der Waals surface area contributed by atoms with Crippen LogP contribution in [0.1, 0.15) is 33.2 Å². The van der Waals surface area contributed by atoms with Crippen LogP contribution < -0.4 is 14.2 Å². The van der Waals surface area contributed by atoms with Crippen LogP contribution >= 0.6 is 0 Å². The highest BCUT2D eigenvalue weighted by Crippen LogP contribution is 2.44. The van der Waals surface area contributed by atoms with Gasteiger partial charge in [0.05, 0.1) is 21.3 Å². The van der Waals surface area contributed by atoms with Crippen LogP contribution in [-0.2, 0) is 4.74 Å². The summed E-state index contributed by atoms with van der Waals surface area (Å²) in [6, 6.07) is 9.16. The van der Waals surface area contributed by atoms with Crippen LogP contribution in [0.4, 0.5) is 0 Å². The molecule has 0 fully saturated rings. The second kappa shape index (κ2) is 5.83. The predicted octanol–water partition coefficient (Wildman–Crippen LogP) is 3.28. The molecule has 0 aliphatic carbocycles. The first kappa shape index (κ1) is 15.2. The molecule has 23 heavy (non-hydrogen) atoms. The van der Waals surface area contributed by atoms with Gasteiger partial charge in [-0.2, -0.15) is 0 Å². The van der Waals surface area contributed by atoms with Crippen molar-refractivity contribution in [3.05, 3.63) is 52.6 Å². The zero-order valence-corrected chi connectivity index (χ0v) is 13.5.